The zero-order chi connectivity index (χ0) is 14.3. The van der Waals surface area contributed by atoms with Gasteiger partial charge >= 0.3 is 12.0 Å². The summed E-state index contributed by atoms with van der Waals surface area (Å²) < 4.78 is 23.7. The summed E-state index contributed by atoms with van der Waals surface area (Å²) in [7, 11) is -1.91. The largest absolute Gasteiger partial charge is 0.480 e. The number of carbonyl (C=O) groups is 2. The van der Waals surface area contributed by atoms with Gasteiger partial charge < -0.3 is 15.3 Å². The summed E-state index contributed by atoms with van der Waals surface area (Å²) in [5.41, 5.74) is 0. The summed E-state index contributed by atoms with van der Waals surface area (Å²) in [6.45, 7) is 1.81. The van der Waals surface area contributed by atoms with Gasteiger partial charge in [-0.25, -0.2) is 22.7 Å². The molecule has 0 aliphatic rings. The van der Waals surface area contributed by atoms with E-state index in [-0.39, 0.29) is 13.1 Å². The third-order valence-corrected chi connectivity index (χ3v) is 2.95. The minimum atomic E-state index is -3.29. The highest BCUT2D eigenvalue weighted by Crippen LogP contribution is 2.01. The monoisotopic (exact) mass is 281 g/mol. The van der Waals surface area contributed by atoms with Crippen LogP contribution in [0.4, 0.5) is 4.79 Å². The van der Waals surface area contributed by atoms with Crippen molar-refractivity contribution >= 4 is 22.0 Å². The van der Waals surface area contributed by atoms with Crippen molar-refractivity contribution in [1.82, 2.24) is 14.9 Å². The number of urea groups is 1. The third-order valence-electron chi connectivity index (χ3n) is 2.23. The van der Waals surface area contributed by atoms with E-state index in [4.69, 9.17) is 5.11 Å². The third kappa shape index (κ3) is 6.40. The van der Waals surface area contributed by atoms with Crippen LogP contribution in [0.2, 0.25) is 0 Å². The van der Waals surface area contributed by atoms with E-state index in [9.17, 15) is 18.0 Å². The molecular formula is C9H19N3O5S. The molecule has 9 heteroatoms. The van der Waals surface area contributed by atoms with Crippen molar-refractivity contribution in [2.75, 3.05) is 26.4 Å². The molecule has 0 aromatic carbocycles. The van der Waals surface area contributed by atoms with E-state index < -0.39 is 28.1 Å². The van der Waals surface area contributed by atoms with Crippen LogP contribution < -0.4 is 10.0 Å². The van der Waals surface area contributed by atoms with Crippen molar-refractivity contribution < 1.29 is 23.1 Å². The van der Waals surface area contributed by atoms with Crippen molar-refractivity contribution in [3.63, 3.8) is 0 Å². The van der Waals surface area contributed by atoms with Gasteiger partial charge in [0.25, 0.3) is 0 Å². The molecule has 18 heavy (non-hydrogen) atoms. The van der Waals surface area contributed by atoms with Gasteiger partial charge in [0.2, 0.25) is 10.0 Å². The number of sulfonamides is 1. The fraction of sp³-hybridized carbons (Fsp3) is 0.778. The number of rotatable bonds is 7. The second kappa shape index (κ2) is 7.17. The molecule has 0 fully saturated rings. The van der Waals surface area contributed by atoms with Crippen LogP contribution in [0.1, 0.15) is 13.3 Å². The first-order valence-corrected chi connectivity index (χ1v) is 7.26. The molecule has 0 spiro atoms. The topological polar surface area (TPSA) is 116 Å². The molecule has 106 valence electrons. The Kier molecular flexibility index (Phi) is 6.63. The Morgan fingerprint density at radius 2 is 1.89 bits per heavy atom. The molecule has 2 amide bonds. The van der Waals surface area contributed by atoms with Crippen LogP contribution in [0.5, 0.6) is 0 Å². The predicted octanol–water partition coefficient (Wildman–Crippen LogP) is -0.960. The number of nitrogens with zero attached hydrogens (tertiary/aromatic N) is 1. The molecule has 3 N–H and O–H groups in total. The molecule has 0 aliphatic carbocycles. The smallest absolute Gasteiger partial charge is 0.326 e. The van der Waals surface area contributed by atoms with E-state index in [1.54, 1.807) is 6.92 Å². The quantitative estimate of drug-likeness (QED) is 0.520. The van der Waals surface area contributed by atoms with Gasteiger partial charge in [-0.2, -0.15) is 0 Å². The maximum absolute atomic E-state index is 11.5. The second-order valence-electron chi connectivity index (χ2n) is 3.77. The molecule has 8 nitrogen and oxygen atoms in total. The Hall–Kier alpha value is -1.35. The van der Waals surface area contributed by atoms with Crippen LogP contribution in [0.25, 0.3) is 0 Å². The lowest BCUT2D eigenvalue weighted by Crippen LogP contribution is -2.48. The number of amides is 2. The van der Waals surface area contributed by atoms with Crippen LogP contribution in [-0.2, 0) is 14.8 Å². The van der Waals surface area contributed by atoms with Gasteiger partial charge in [0.1, 0.15) is 6.04 Å². The van der Waals surface area contributed by atoms with Crippen LogP contribution in [0.15, 0.2) is 0 Å². The number of nitrogens with one attached hydrogen (secondary N) is 2. The van der Waals surface area contributed by atoms with Crippen molar-refractivity contribution in [3.8, 4) is 0 Å². The molecule has 0 aromatic heterocycles. The highest BCUT2D eigenvalue weighted by molar-refractivity contribution is 7.88. The minimum absolute atomic E-state index is 0.0578. The van der Waals surface area contributed by atoms with Gasteiger partial charge in [-0.3, -0.25) is 0 Å². The molecular weight excluding hydrogens is 262 g/mol. The standard InChI is InChI=1S/C9H19N3O5S/c1-4-7(8(13)14)12(2)9(15)10-5-6-11-18(3,16)17/h7,11H,4-6H2,1-3H3,(H,10,15)(H,13,14). The van der Waals surface area contributed by atoms with Crippen molar-refractivity contribution in [2.45, 2.75) is 19.4 Å². The summed E-state index contributed by atoms with van der Waals surface area (Å²) in [6.07, 6.45) is 1.30. The summed E-state index contributed by atoms with van der Waals surface area (Å²) in [4.78, 5) is 23.4. The Labute approximate surface area is 106 Å². The number of likely N-dealkylation sites (N-methyl/N-ethyl adjacent to an activating group) is 1. The fourth-order valence-corrected chi connectivity index (χ4v) is 1.76. The number of carboxylic acid groups (broad SMARTS) is 1. The molecule has 0 rings (SSSR count). The number of carbonyl (C=O) groups excluding carboxylic acids is 1. The van der Waals surface area contributed by atoms with E-state index in [1.807, 2.05) is 0 Å². The maximum Gasteiger partial charge on any atom is 0.326 e. The summed E-state index contributed by atoms with van der Waals surface area (Å²) in [5, 5.41) is 11.3. The zero-order valence-corrected chi connectivity index (χ0v) is 11.5. The molecule has 1 atom stereocenters. The first-order chi connectivity index (χ1) is 8.19. The zero-order valence-electron chi connectivity index (χ0n) is 10.6. The molecule has 0 aromatic rings. The number of hydrogen-bond acceptors (Lipinski definition) is 4. The summed E-state index contributed by atoms with van der Waals surface area (Å²) in [6, 6.07) is -1.45. The molecule has 0 aliphatic heterocycles. The summed E-state index contributed by atoms with van der Waals surface area (Å²) in [5.74, 6) is -1.08. The van der Waals surface area contributed by atoms with Crippen LogP contribution in [0.3, 0.4) is 0 Å². The molecule has 0 radical (unpaired) electrons. The lowest BCUT2D eigenvalue weighted by atomic mass is 10.2. The van der Waals surface area contributed by atoms with Crippen molar-refractivity contribution in [1.29, 1.82) is 0 Å². The van der Waals surface area contributed by atoms with Crippen molar-refractivity contribution in [3.05, 3.63) is 0 Å². The molecule has 0 bridgehead atoms. The average Bonchev–Trinajstić information content (AvgIpc) is 2.23. The van der Waals surface area contributed by atoms with E-state index in [1.165, 1.54) is 7.05 Å². The maximum atomic E-state index is 11.5. The van der Waals surface area contributed by atoms with Gasteiger partial charge in [0.15, 0.2) is 0 Å². The minimum Gasteiger partial charge on any atom is -0.480 e. The second-order valence-corrected chi connectivity index (χ2v) is 5.60. The molecule has 0 heterocycles. The average molecular weight is 281 g/mol. The van der Waals surface area contributed by atoms with Crippen LogP contribution in [-0.4, -0.2) is 62.9 Å². The number of carboxylic acids is 1. The molecule has 0 saturated heterocycles. The normalized spacial score (nSPS) is 12.8. The van der Waals surface area contributed by atoms with Gasteiger partial charge in [-0.1, -0.05) is 6.92 Å². The summed E-state index contributed by atoms with van der Waals surface area (Å²) >= 11 is 0. The first kappa shape index (κ1) is 16.6. The van der Waals surface area contributed by atoms with E-state index in [0.29, 0.717) is 6.42 Å². The van der Waals surface area contributed by atoms with Crippen molar-refractivity contribution in [2.24, 2.45) is 0 Å². The first-order valence-electron chi connectivity index (χ1n) is 5.37. The predicted molar refractivity (Wildman–Crippen MR) is 65.7 cm³/mol. The molecule has 1 unspecified atom stereocenters. The Balaban J connectivity index is 4.13. The van der Waals surface area contributed by atoms with E-state index in [0.717, 1.165) is 11.2 Å². The van der Waals surface area contributed by atoms with Gasteiger partial charge in [-0.15, -0.1) is 0 Å². The van der Waals surface area contributed by atoms with Crippen LogP contribution in [0, 0.1) is 0 Å². The number of hydrogen-bond donors (Lipinski definition) is 3. The molecule has 0 saturated carbocycles. The van der Waals surface area contributed by atoms with Crippen LogP contribution >= 0.6 is 0 Å². The van der Waals surface area contributed by atoms with Gasteiger partial charge in [-0.05, 0) is 6.42 Å². The number of aliphatic carboxylic acids is 1. The highest BCUT2D eigenvalue weighted by Gasteiger charge is 2.24. The highest BCUT2D eigenvalue weighted by atomic mass is 32.2. The fourth-order valence-electron chi connectivity index (χ4n) is 1.29. The Bertz CT molecular complexity index is 395. The Morgan fingerprint density at radius 1 is 1.33 bits per heavy atom. The van der Waals surface area contributed by atoms with E-state index >= 15 is 0 Å². The SMILES string of the molecule is CCC(C(=O)O)N(C)C(=O)NCCNS(C)(=O)=O. The van der Waals surface area contributed by atoms with Gasteiger partial charge in [0.05, 0.1) is 6.26 Å². The lowest BCUT2D eigenvalue weighted by molar-refractivity contribution is -0.141. The Morgan fingerprint density at radius 3 is 2.28 bits per heavy atom. The van der Waals surface area contributed by atoms with Gasteiger partial charge in [0, 0.05) is 20.1 Å². The lowest BCUT2D eigenvalue weighted by Gasteiger charge is -2.23. The van der Waals surface area contributed by atoms with E-state index in [2.05, 4.69) is 10.0 Å².